The maximum Gasteiger partial charge on any atom is 0.313 e. The summed E-state index contributed by atoms with van der Waals surface area (Å²) in [6.07, 6.45) is 5.63. The number of hydroxylamine groups is 2. The van der Waals surface area contributed by atoms with E-state index in [0.717, 1.165) is 49.3 Å². The van der Waals surface area contributed by atoms with E-state index in [0.29, 0.717) is 149 Å². The number of nitrogens with two attached hydrogens (primary N) is 1. The van der Waals surface area contributed by atoms with Crippen molar-refractivity contribution in [1.82, 2.24) is 9.96 Å². The summed E-state index contributed by atoms with van der Waals surface area (Å²) in [7, 11) is 0. The fraction of sp³-hybridized carbons (Fsp3) is 0.680. The maximum absolute atomic E-state index is 13.6. The van der Waals surface area contributed by atoms with E-state index in [1.54, 1.807) is 11.3 Å². The van der Waals surface area contributed by atoms with E-state index in [-0.39, 0.29) is 44.1 Å². The molecule has 0 radical (unpaired) electrons. The van der Waals surface area contributed by atoms with Crippen LogP contribution in [0.5, 0.6) is 5.75 Å². The first-order valence-corrected chi connectivity index (χ1v) is 26.0. The second kappa shape index (κ2) is 37.5. The number of thiophene rings is 1. The highest BCUT2D eigenvalue weighted by Gasteiger charge is 2.27. The van der Waals surface area contributed by atoms with Crippen LogP contribution in [0.1, 0.15) is 62.1 Å². The van der Waals surface area contributed by atoms with Gasteiger partial charge in [-0.25, -0.2) is 18.8 Å². The Kier molecular flexibility index (Phi) is 31.6. The zero-order valence-corrected chi connectivity index (χ0v) is 43.5. The number of likely N-dealkylation sites (tertiary alicyclic amines) is 1. The van der Waals surface area contributed by atoms with Crippen LogP contribution in [-0.4, -0.2) is 192 Å². The van der Waals surface area contributed by atoms with E-state index in [2.05, 4.69) is 15.8 Å². The number of amides is 2. The number of ether oxygens (including phenoxy) is 11. The Labute approximate surface area is 434 Å². The van der Waals surface area contributed by atoms with Gasteiger partial charge in [0.15, 0.2) is 11.6 Å². The molecule has 19 nitrogen and oxygen atoms in total. The van der Waals surface area contributed by atoms with Crippen LogP contribution in [0.3, 0.4) is 0 Å². The average molecular weight is 1080 g/mol. The van der Waals surface area contributed by atoms with Crippen molar-refractivity contribution >= 4 is 46.7 Å². The second-order valence-electron chi connectivity index (χ2n) is 16.7. The van der Waals surface area contributed by atoms with Gasteiger partial charge in [0.1, 0.15) is 5.84 Å². The van der Waals surface area contributed by atoms with Gasteiger partial charge < -0.3 is 62.7 Å². The fourth-order valence-electron chi connectivity index (χ4n) is 7.25. The van der Waals surface area contributed by atoms with Crippen LogP contribution >= 0.6 is 11.3 Å². The van der Waals surface area contributed by atoms with Crippen LogP contribution < -0.4 is 10.5 Å². The van der Waals surface area contributed by atoms with Gasteiger partial charge in [-0.05, 0) is 50.7 Å². The number of aliphatic imine (C=N–C) groups is 1. The molecule has 0 bridgehead atoms. The van der Waals surface area contributed by atoms with Crippen LogP contribution in [0, 0.1) is 29.2 Å². The molecule has 0 saturated carbocycles. The van der Waals surface area contributed by atoms with Crippen LogP contribution in [-0.2, 0) is 73.0 Å². The van der Waals surface area contributed by atoms with Crippen molar-refractivity contribution in [3.8, 4) is 5.75 Å². The number of fused-ring (bicyclic) bond motifs is 1. The van der Waals surface area contributed by atoms with Crippen molar-refractivity contribution in [3.63, 3.8) is 0 Å². The summed E-state index contributed by atoms with van der Waals surface area (Å²) in [5, 5.41) is 1.42. The van der Waals surface area contributed by atoms with Gasteiger partial charge in [-0.15, -0.1) is 11.3 Å². The number of benzene rings is 1. The zero-order chi connectivity index (χ0) is 53.2. The highest BCUT2D eigenvalue weighted by molar-refractivity contribution is 7.13. The number of amidine groups is 1. The zero-order valence-electron chi connectivity index (χ0n) is 42.7. The Bertz CT molecular complexity index is 1980. The van der Waals surface area contributed by atoms with E-state index in [1.165, 1.54) is 9.94 Å². The minimum atomic E-state index is -1.80. The molecule has 1 aromatic heterocycles. The predicted octanol–water partition coefficient (Wildman–Crippen LogP) is 5.60. The van der Waals surface area contributed by atoms with Gasteiger partial charge in [0.05, 0.1) is 162 Å². The molecule has 418 valence electrons. The topological polar surface area (TPSA) is 207 Å². The Morgan fingerprint density at radius 3 is 1.55 bits per heavy atom. The molecule has 3 heterocycles. The van der Waals surface area contributed by atoms with Gasteiger partial charge in [-0.1, -0.05) is 6.92 Å². The van der Waals surface area contributed by atoms with Crippen molar-refractivity contribution in [3.05, 3.63) is 50.7 Å². The molecule has 0 unspecified atom stereocenters. The molecule has 24 heteroatoms. The Hall–Kier alpha value is -4.18. The van der Waals surface area contributed by atoms with Crippen LogP contribution in [0.4, 0.5) is 23.2 Å². The Balaban J connectivity index is 0.837. The molecule has 2 N–H and O–H groups in total. The van der Waals surface area contributed by atoms with Gasteiger partial charge in [0, 0.05) is 42.6 Å². The summed E-state index contributed by atoms with van der Waals surface area (Å²) >= 11 is 1.64. The molecule has 1 aromatic carbocycles. The number of rotatable bonds is 41. The number of carbonyl (C=O) groups is 3. The molecular weight excluding hydrogens is 1000 g/mol. The third-order valence-electron chi connectivity index (χ3n) is 10.9. The van der Waals surface area contributed by atoms with E-state index in [9.17, 15) is 31.9 Å². The highest BCUT2D eigenvalue weighted by Crippen LogP contribution is 2.37. The summed E-state index contributed by atoms with van der Waals surface area (Å²) in [6.45, 7) is 13.1. The van der Waals surface area contributed by atoms with Gasteiger partial charge in [-0.2, -0.15) is 8.78 Å². The van der Waals surface area contributed by atoms with Gasteiger partial charge in [0.25, 0.3) is 5.91 Å². The predicted molar refractivity (Wildman–Crippen MR) is 264 cm³/mol. The third kappa shape index (κ3) is 24.7. The number of piperidine rings is 1. The van der Waals surface area contributed by atoms with Crippen LogP contribution in [0.15, 0.2) is 22.7 Å². The number of esters is 1. The number of halogens is 4. The first-order valence-electron chi connectivity index (χ1n) is 25.2. The summed E-state index contributed by atoms with van der Waals surface area (Å²) in [5.41, 5.74) is 7.59. The lowest BCUT2D eigenvalue weighted by Gasteiger charge is -2.32. The molecule has 2 aromatic rings. The molecule has 1 fully saturated rings. The lowest BCUT2D eigenvalue weighted by molar-refractivity contribution is -0.180. The quantitative estimate of drug-likeness (QED) is 0.0215. The van der Waals surface area contributed by atoms with E-state index < -0.39 is 41.4 Å². The summed E-state index contributed by atoms with van der Waals surface area (Å²) in [5.74, 6) is -8.74. The molecule has 2 aliphatic heterocycles. The van der Waals surface area contributed by atoms with E-state index in [1.807, 2.05) is 24.8 Å². The van der Waals surface area contributed by atoms with Crippen molar-refractivity contribution in [2.24, 2.45) is 16.6 Å². The second-order valence-corrected chi connectivity index (χ2v) is 17.8. The van der Waals surface area contributed by atoms with Crippen LogP contribution in [0.25, 0.3) is 6.08 Å². The maximum atomic E-state index is 13.6. The third-order valence-corrected chi connectivity index (χ3v) is 12.0. The van der Waals surface area contributed by atoms with Crippen molar-refractivity contribution in [1.29, 1.82) is 0 Å². The number of carbonyl (C=O) groups excluding carboxylic acids is 3. The van der Waals surface area contributed by atoms with Crippen LogP contribution in [0.2, 0.25) is 0 Å². The molecule has 0 aliphatic carbocycles. The molecular formula is C50H74F4N4O15S. The molecule has 1 saturated heterocycles. The largest absolute Gasteiger partial charge is 0.420 e. The minimum Gasteiger partial charge on any atom is -0.420 e. The molecule has 2 aliphatic rings. The van der Waals surface area contributed by atoms with E-state index >= 15 is 0 Å². The molecule has 0 spiro atoms. The summed E-state index contributed by atoms with van der Waals surface area (Å²) < 4.78 is 113. The minimum absolute atomic E-state index is 0.0161. The lowest BCUT2D eigenvalue weighted by atomic mass is 9.92. The van der Waals surface area contributed by atoms with E-state index in [4.69, 9.17) is 57.9 Å². The van der Waals surface area contributed by atoms with Crippen molar-refractivity contribution in [2.75, 3.05) is 158 Å². The molecule has 4 rings (SSSR count). The first-order chi connectivity index (χ1) is 36.0. The number of hydrogen-bond donors (Lipinski definition) is 1. The van der Waals surface area contributed by atoms with Crippen molar-refractivity contribution in [2.45, 2.75) is 58.8 Å². The van der Waals surface area contributed by atoms with Gasteiger partial charge in [-0.3, -0.25) is 19.2 Å². The molecule has 74 heavy (non-hydrogen) atoms. The first kappa shape index (κ1) is 62.4. The standard InChI is InChI=1S/C50H74F4N4O15S/c1-3-9-58(72-4-2)50(61)38-33-43-42(56-44(55)34-38)35-39(74-43)32-37-5-10-57(11-6-37)45(59)7-12-62-14-16-64-18-20-66-22-24-68-26-28-70-30-31-71-29-27-69-25-23-67-21-19-65-17-15-63-13-8-46(60)73-49-47(53)40(51)36-41(52)48(49)54/h33,35-37H,3-32,34H2,1-2H3,(H2,55,56). The smallest absolute Gasteiger partial charge is 0.313 e. The lowest BCUT2D eigenvalue weighted by Crippen LogP contribution is -2.39. The monoisotopic (exact) mass is 1080 g/mol. The SMILES string of the molecule is CCCN(OCC)C(=O)C1=Cc2sc(CC3CCN(C(=O)CCOCCOCCOCCOCCOCCOCCOCCOCCOCCOCCC(=O)Oc4c(F)c(F)cc(F)c4F)CC3)cc2N=C(N)C1. The molecule has 0 atom stereocenters. The Morgan fingerprint density at radius 2 is 1.11 bits per heavy atom. The van der Waals surface area contributed by atoms with Crippen molar-refractivity contribution < 1.29 is 88.9 Å². The normalized spacial score (nSPS) is 13.9. The summed E-state index contributed by atoms with van der Waals surface area (Å²) in [4.78, 5) is 52.0. The molecule has 2 amide bonds. The van der Waals surface area contributed by atoms with Gasteiger partial charge in [0.2, 0.25) is 23.3 Å². The summed E-state index contributed by atoms with van der Waals surface area (Å²) in [6, 6.07) is 2.09. The Morgan fingerprint density at radius 1 is 0.662 bits per heavy atom. The highest BCUT2D eigenvalue weighted by atomic mass is 32.1. The fourth-order valence-corrected chi connectivity index (χ4v) is 8.43. The number of nitrogens with zero attached hydrogens (tertiary/aromatic N) is 3. The van der Waals surface area contributed by atoms with Gasteiger partial charge >= 0.3 is 5.97 Å². The number of hydrogen-bond acceptors (Lipinski definition) is 18. The average Bonchev–Trinajstić information content (AvgIpc) is 3.67.